The summed E-state index contributed by atoms with van der Waals surface area (Å²) in [5.41, 5.74) is 0. The van der Waals surface area contributed by atoms with Crippen molar-refractivity contribution in [2.24, 2.45) is 0 Å². The van der Waals surface area contributed by atoms with Gasteiger partial charge in [-0.25, -0.2) is 0 Å². The summed E-state index contributed by atoms with van der Waals surface area (Å²) in [6.07, 6.45) is 2.05. The van der Waals surface area contributed by atoms with E-state index in [9.17, 15) is 0 Å². The molecule has 0 saturated heterocycles. The molecule has 0 fully saturated rings. The van der Waals surface area contributed by atoms with Gasteiger partial charge in [-0.3, -0.25) is 0 Å². The molecule has 0 aliphatic carbocycles. The van der Waals surface area contributed by atoms with Crippen molar-refractivity contribution in [3.63, 3.8) is 0 Å². The Morgan fingerprint density at radius 3 is 1.93 bits per heavy atom. The van der Waals surface area contributed by atoms with Gasteiger partial charge >= 0.3 is 0 Å². The molecule has 0 radical (unpaired) electrons. The molecule has 0 heterocycles. The van der Waals surface area contributed by atoms with Gasteiger partial charge in [0.2, 0.25) is 0 Å². The molecular formula is C11H25NO2. The molecule has 14 heavy (non-hydrogen) atoms. The average Bonchev–Trinajstić information content (AvgIpc) is 2.24. The van der Waals surface area contributed by atoms with Crippen LogP contribution in [-0.2, 0) is 9.47 Å². The predicted molar refractivity (Wildman–Crippen MR) is 59.4 cm³/mol. The quantitative estimate of drug-likeness (QED) is 0.564. The van der Waals surface area contributed by atoms with E-state index in [0.29, 0.717) is 0 Å². The van der Waals surface area contributed by atoms with Gasteiger partial charge in [-0.2, -0.15) is 0 Å². The van der Waals surface area contributed by atoms with Crippen molar-refractivity contribution < 1.29 is 9.47 Å². The Labute approximate surface area is 88.4 Å². The van der Waals surface area contributed by atoms with Gasteiger partial charge in [0.1, 0.15) is 0 Å². The summed E-state index contributed by atoms with van der Waals surface area (Å²) in [4.78, 5) is 2.41. The molecule has 3 heteroatoms. The Balaban J connectivity index is 3.70. The van der Waals surface area contributed by atoms with Crippen LogP contribution in [0.2, 0.25) is 0 Å². The number of nitrogens with zero attached hydrogens (tertiary/aromatic N) is 1. The lowest BCUT2D eigenvalue weighted by Gasteiger charge is -2.27. The maximum Gasteiger partial charge on any atom is 0.164 e. The normalized spacial score (nSPS) is 12.4. The van der Waals surface area contributed by atoms with E-state index >= 15 is 0 Å². The molecule has 86 valence electrons. The number of methoxy groups -OCH3 is 2. The molecular weight excluding hydrogens is 178 g/mol. The van der Waals surface area contributed by atoms with E-state index < -0.39 is 5.79 Å². The van der Waals surface area contributed by atoms with Gasteiger partial charge in [0.15, 0.2) is 5.79 Å². The van der Waals surface area contributed by atoms with E-state index in [2.05, 4.69) is 18.7 Å². The van der Waals surface area contributed by atoms with Crippen LogP contribution in [0.5, 0.6) is 0 Å². The summed E-state index contributed by atoms with van der Waals surface area (Å²) in [6.45, 7) is 9.72. The molecule has 0 N–H and O–H groups in total. The monoisotopic (exact) mass is 203 g/mol. The third-order valence-electron chi connectivity index (χ3n) is 2.86. The summed E-state index contributed by atoms with van der Waals surface area (Å²) in [5, 5.41) is 0. The molecule has 0 spiro atoms. The third-order valence-corrected chi connectivity index (χ3v) is 2.86. The minimum Gasteiger partial charge on any atom is -0.353 e. The maximum absolute atomic E-state index is 5.30. The molecule has 0 unspecified atom stereocenters. The second-order valence-electron chi connectivity index (χ2n) is 3.67. The highest BCUT2D eigenvalue weighted by Crippen LogP contribution is 2.17. The second kappa shape index (κ2) is 7.21. The van der Waals surface area contributed by atoms with Crippen molar-refractivity contribution in [3.05, 3.63) is 0 Å². The van der Waals surface area contributed by atoms with Crippen molar-refractivity contribution in [3.8, 4) is 0 Å². The molecule has 0 bridgehead atoms. The van der Waals surface area contributed by atoms with Crippen LogP contribution in [-0.4, -0.2) is 44.5 Å². The van der Waals surface area contributed by atoms with Crippen molar-refractivity contribution in [2.45, 2.75) is 39.4 Å². The molecule has 0 aliphatic rings. The fraction of sp³-hybridized carbons (Fsp3) is 1.00. The standard InChI is InChI=1S/C11H25NO2/c1-6-12(7-2)10-8-9-11(3,13-4)14-5/h6-10H2,1-5H3. The van der Waals surface area contributed by atoms with Crippen LogP contribution in [0.4, 0.5) is 0 Å². The first-order valence-electron chi connectivity index (χ1n) is 5.44. The Kier molecular flexibility index (Phi) is 7.15. The Morgan fingerprint density at radius 1 is 1.07 bits per heavy atom. The molecule has 0 aliphatic heterocycles. The van der Waals surface area contributed by atoms with Crippen LogP contribution in [0.25, 0.3) is 0 Å². The topological polar surface area (TPSA) is 21.7 Å². The molecule has 3 nitrogen and oxygen atoms in total. The highest BCUT2D eigenvalue weighted by atomic mass is 16.7. The van der Waals surface area contributed by atoms with Crippen molar-refractivity contribution in [1.29, 1.82) is 0 Å². The minimum atomic E-state index is -0.410. The van der Waals surface area contributed by atoms with E-state index in [-0.39, 0.29) is 0 Å². The van der Waals surface area contributed by atoms with Crippen LogP contribution in [0.15, 0.2) is 0 Å². The van der Waals surface area contributed by atoms with E-state index in [1.807, 2.05) is 6.92 Å². The van der Waals surface area contributed by atoms with Crippen molar-refractivity contribution in [2.75, 3.05) is 33.9 Å². The average molecular weight is 203 g/mol. The number of ether oxygens (including phenoxy) is 2. The first-order chi connectivity index (χ1) is 6.61. The van der Waals surface area contributed by atoms with Crippen LogP contribution < -0.4 is 0 Å². The Hall–Kier alpha value is -0.120. The number of hydrogen-bond donors (Lipinski definition) is 0. The SMILES string of the molecule is CCN(CC)CCCC(C)(OC)OC. The van der Waals surface area contributed by atoms with Gasteiger partial charge < -0.3 is 14.4 Å². The lowest BCUT2D eigenvalue weighted by molar-refractivity contribution is -0.198. The smallest absolute Gasteiger partial charge is 0.164 e. The second-order valence-corrected chi connectivity index (χ2v) is 3.67. The zero-order valence-corrected chi connectivity index (χ0v) is 10.3. The summed E-state index contributed by atoms with van der Waals surface area (Å²) in [5.74, 6) is -0.410. The van der Waals surface area contributed by atoms with Crippen LogP contribution in [0, 0.1) is 0 Å². The predicted octanol–water partition coefficient (Wildman–Crippen LogP) is 2.12. The molecule has 0 aromatic heterocycles. The maximum atomic E-state index is 5.30. The van der Waals surface area contributed by atoms with E-state index in [1.165, 1.54) is 0 Å². The summed E-state index contributed by atoms with van der Waals surface area (Å²) in [7, 11) is 3.39. The lowest BCUT2D eigenvalue weighted by atomic mass is 10.1. The zero-order chi connectivity index (χ0) is 11.0. The third kappa shape index (κ3) is 4.94. The van der Waals surface area contributed by atoms with Gasteiger partial charge in [-0.05, 0) is 33.0 Å². The first-order valence-corrected chi connectivity index (χ1v) is 5.44. The summed E-state index contributed by atoms with van der Waals surface area (Å²) < 4.78 is 10.6. The number of rotatable bonds is 8. The summed E-state index contributed by atoms with van der Waals surface area (Å²) in [6, 6.07) is 0. The van der Waals surface area contributed by atoms with Gasteiger partial charge in [-0.15, -0.1) is 0 Å². The highest BCUT2D eigenvalue weighted by molar-refractivity contribution is 4.63. The molecule has 0 aromatic carbocycles. The first kappa shape index (κ1) is 13.9. The molecule has 0 atom stereocenters. The largest absolute Gasteiger partial charge is 0.353 e. The van der Waals surface area contributed by atoms with E-state index in [1.54, 1.807) is 14.2 Å². The number of hydrogen-bond acceptors (Lipinski definition) is 3. The van der Waals surface area contributed by atoms with Gasteiger partial charge in [0, 0.05) is 20.6 Å². The minimum absolute atomic E-state index is 0.410. The Morgan fingerprint density at radius 2 is 1.57 bits per heavy atom. The molecule has 0 rings (SSSR count). The van der Waals surface area contributed by atoms with Gasteiger partial charge in [0.25, 0.3) is 0 Å². The van der Waals surface area contributed by atoms with Crippen LogP contribution >= 0.6 is 0 Å². The van der Waals surface area contributed by atoms with E-state index in [0.717, 1.165) is 32.5 Å². The Bertz CT molecular complexity index is 131. The molecule has 0 saturated carbocycles. The molecule has 0 aromatic rings. The zero-order valence-electron chi connectivity index (χ0n) is 10.3. The van der Waals surface area contributed by atoms with Crippen molar-refractivity contribution >= 4 is 0 Å². The fourth-order valence-corrected chi connectivity index (χ4v) is 1.45. The fourth-order valence-electron chi connectivity index (χ4n) is 1.45. The van der Waals surface area contributed by atoms with Gasteiger partial charge in [0.05, 0.1) is 0 Å². The summed E-state index contributed by atoms with van der Waals surface area (Å²) >= 11 is 0. The molecule has 0 amide bonds. The van der Waals surface area contributed by atoms with Crippen molar-refractivity contribution in [1.82, 2.24) is 4.90 Å². The van der Waals surface area contributed by atoms with Crippen LogP contribution in [0.3, 0.4) is 0 Å². The highest BCUT2D eigenvalue weighted by Gasteiger charge is 2.21. The lowest BCUT2D eigenvalue weighted by Crippen LogP contribution is -2.32. The van der Waals surface area contributed by atoms with E-state index in [4.69, 9.17) is 9.47 Å². The van der Waals surface area contributed by atoms with Crippen LogP contribution in [0.1, 0.15) is 33.6 Å². The van der Waals surface area contributed by atoms with Gasteiger partial charge in [-0.1, -0.05) is 13.8 Å².